The van der Waals surface area contributed by atoms with Gasteiger partial charge in [-0.3, -0.25) is 6.08 Å². The molecule has 1 heteroatoms. The van der Waals surface area contributed by atoms with Gasteiger partial charge in [0.2, 0.25) is 0 Å². The van der Waals surface area contributed by atoms with Crippen molar-refractivity contribution in [3.05, 3.63) is 148 Å². The molecule has 0 heterocycles. The Morgan fingerprint density at radius 2 is 1.00 bits per heavy atom. The SMILES string of the molecule is CC(C)(C)c1ccc2[cH-]c3ccc(C(C)(C)C)cc3c2c1.CC1[C-]=CC(C(C)(C)C)=C1.Cc1ccc([C](=[Zr+2])c2ccc(C)cc2)cc1. The molecule has 0 bridgehead atoms. The number of aryl methyl sites for hydroxylation is 2. The first-order valence-corrected chi connectivity index (χ1v) is 18.2. The van der Waals surface area contributed by atoms with Crippen molar-refractivity contribution in [3.8, 4) is 0 Å². The van der Waals surface area contributed by atoms with Crippen molar-refractivity contribution in [2.24, 2.45) is 11.3 Å². The van der Waals surface area contributed by atoms with E-state index in [2.05, 4.69) is 192 Å². The third-order valence-corrected chi connectivity index (χ3v) is 10.3. The molecule has 5 aromatic rings. The molecule has 1 aliphatic carbocycles. The van der Waals surface area contributed by atoms with E-state index in [0.717, 1.165) is 0 Å². The molecule has 1 atom stereocenters. The minimum absolute atomic E-state index is 0.194. The number of hydrogen-bond acceptors (Lipinski definition) is 0. The van der Waals surface area contributed by atoms with Gasteiger partial charge in [-0.05, 0) is 10.8 Å². The first-order valence-electron chi connectivity index (χ1n) is 17.0. The molecular weight excluding hydrogens is 644 g/mol. The summed E-state index contributed by atoms with van der Waals surface area (Å²) in [5.41, 5.74) is 10.2. The van der Waals surface area contributed by atoms with Crippen LogP contribution in [0.3, 0.4) is 0 Å². The Labute approximate surface area is 300 Å². The van der Waals surface area contributed by atoms with Crippen LogP contribution in [0, 0.1) is 31.3 Å². The predicted octanol–water partition coefficient (Wildman–Crippen LogP) is 12.7. The van der Waals surface area contributed by atoms with Gasteiger partial charge in [-0.15, -0.1) is 39.7 Å². The van der Waals surface area contributed by atoms with Crippen LogP contribution in [0.4, 0.5) is 0 Å². The maximum absolute atomic E-state index is 3.26. The molecule has 0 spiro atoms. The molecule has 242 valence electrons. The Kier molecular flexibility index (Phi) is 11.5. The quantitative estimate of drug-likeness (QED) is 0.161. The van der Waals surface area contributed by atoms with Crippen molar-refractivity contribution >= 4 is 24.8 Å². The summed E-state index contributed by atoms with van der Waals surface area (Å²) in [6.45, 7) is 26.8. The van der Waals surface area contributed by atoms with Gasteiger partial charge >= 0.3 is 112 Å². The van der Waals surface area contributed by atoms with E-state index in [1.807, 2.05) is 0 Å². The van der Waals surface area contributed by atoms with Crippen molar-refractivity contribution in [3.63, 3.8) is 0 Å². The van der Waals surface area contributed by atoms with Crippen LogP contribution in [0.2, 0.25) is 0 Å². The Morgan fingerprint density at radius 3 is 1.30 bits per heavy atom. The van der Waals surface area contributed by atoms with Crippen LogP contribution in [0.5, 0.6) is 0 Å². The molecule has 6 rings (SSSR count). The van der Waals surface area contributed by atoms with Crippen LogP contribution in [0.25, 0.3) is 21.5 Å². The summed E-state index contributed by atoms with van der Waals surface area (Å²) in [5.74, 6) is 0.522. The topological polar surface area (TPSA) is 0 Å². The molecule has 0 radical (unpaired) electrons. The summed E-state index contributed by atoms with van der Waals surface area (Å²) in [6, 6.07) is 33.7. The normalized spacial score (nSPS) is 14.8. The Hall–Kier alpha value is -3.02. The van der Waals surface area contributed by atoms with Crippen LogP contribution in [0.15, 0.2) is 109 Å². The second kappa shape index (κ2) is 14.6. The van der Waals surface area contributed by atoms with E-state index >= 15 is 0 Å². The van der Waals surface area contributed by atoms with Crippen molar-refractivity contribution < 1.29 is 24.2 Å². The molecule has 0 fully saturated rings. The third kappa shape index (κ3) is 9.77. The van der Waals surface area contributed by atoms with E-state index < -0.39 is 0 Å². The first kappa shape index (κ1) is 36.8. The summed E-state index contributed by atoms with van der Waals surface area (Å²) >= 11 is 1.46. The van der Waals surface area contributed by atoms with Gasteiger partial charge in [0.05, 0.1) is 0 Å². The fourth-order valence-corrected chi connectivity index (χ4v) is 6.41. The van der Waals surface area contributed by atoms with E-state index in [-0.39, 0.29) is 10.8 Å². The molecule has 0 N–H and O–H groups in total. The van der Waals surface area contributed by atoms with Gasteiger partial charge in [-0.25, -0.2) is 6.08 Å². The molecule has 47 heavy (non-hydrogen) atoms. The van der Waals surface area contributed by atoms with E-state index in [0.29, 0.717) is 11.3 Å². The van der Waals surface area contributed by atoms with Crippen molar-refractivity contribution in [1.29, 1.82) is 0 Å². The van der Waals surface area contributed by atoms with Crippen molar-refractivity contribution in [2.45, 2.75) is 93.9 Å². The molecular formula is C46H54Zr. The third-order valence-electron chi connectivity index (χ3n) is 8.92. The number of rotatable bonds is 2. The van der Waals surface area contributed by atoms with Crippen molar-refractivity contribution in [1.82, 2.24) is 0 Å². The zero-order valence-corrected chi connectivity index (χ0v) is 33.4. The van der Waals surface area contributed by atoms with Crippen LogP contribution in [0.1, 0.15) is 103 Å². The summed E-state index contributed by atoms with van der Waals surface area (Å²) in [5, 5.41) is 5.49. The molecule has 1 unspecified atom stereocenters. The van der Waals surface area contributed by atoms with Gasteiger partial charge in [0.15, 0.2) is 0 Å². The summed E-state index contributed by atoms with van der Waals surface area (Å²) < 4.78 is 1.42. The fourth-order valence-electron chi connectivity index (χ4n) is 5.59. The van der Waals surface area contributed by atoms with Gasteiger partial charge < -0.3 is 0 Å². The second-order valence-corrected chi connectivity index (χ2v) is 17.6. The van der Waals surface area contributed by atoms with Gasteiger partial charge in [0.1, 0.15) is 0 Å². The van der Waals surface area contributed by atoms with E-state index in [1.165, 1.54) is 87.9 Å². The van der Waals surface area contributed by atoms with Crippen LogP contribution in [-0.4, -0.2) is 3.21 Å². The zero-order chi connectivity index (χ0) is 34.7. The van der Waals surface area contributed by atoms with Crippen molar-refractivity contribution in [2.75, 3.05) is 0 Å². The van der Waals surface area contributed by atoms with Gasteiger partial charge in [0.25, 0.3) is 0 Å². The molecule has 0 amide bonds. The van der Waals surface area contributed by atoms with Gasteiger partial charge in [-0.2, -0.15) is 11.6 Å². The predicted molar refractivity (Wildman–Crippen MR) is 205 cm³/mol. The summed E-state index contributed by atoms with van der Waals surface area (Å²) in [4.78, 5) is 0. The van der Waals surface area contributed by atoms with Crippen LogP contribution < -0.4 is 0 Å². The first-order chi connectivity index (χ1) is 21.8. The average Bonchev–Trinajstić information content (AvgIpc) is 3.60. The van der Waals surface area contributed by atoms with E-state index in [1.54, 1.807) is 0 Å². The number of fused-ring (bicyclic) bond motifs is 3. The standard InChI is InChI=1S/C21H25.C15H14.C10H15.Zr/c1-20(2,3)16-9-7-14-11-15-8-10-17(21(4,5)6)13-19(15)18(14)12-16;1-12-3-7-14(8-4-12)11-15-9-5-13(2)6-10-15;1-8-5-6-9(7-8)10(2,3)4;/h7-13H,1-6H3;3-10H,1-2H3;6-8H,1-4H3;/q-1;;-1;+2. The summed E-state index contributed by atoms with van der Waals surface area (Å²) in [7, 11) is 0. The second-order valence-electron chi connectivity index (χ2n) is 16.3. The zero-order valence-electron chi connectivity index (χ0n) is 30.9. The minimum atomic E-state index is 0.194. The van der Waals surface area contributed by atoms with E-state index in [9.17, 15) is 0 Å². The maximum atomic E-state index is 3.26. The molecule has 1 aliphatic rings. The molecule has 0 saturated heterocycles. The molecule has 5 aromatic carbocycles. The molecule has 0 aliphatic heterocycles. The summed E-state index contributed by atoms with van der Waals surface area (Å²) in [6.07, 6.45) is 7.65. The van der Waals surface area contributed by atoms with Crippen LogP contribution in [-0.2, 0) is 35.1 Å². The van der Waals surface area contributed by atoms with Gasteiger partial charge in [0, 0.05) is 0 Å². The van der Waals surface area contributed by atoms with E-state index in [4.69, 9.17) is 0 Å². The Bertz CT molecular complexity index is 1770. The number of allylic oxidation sites excluding steroid dienone is 4. The number of benzene rings is 4. The molecule has 0 aromatic heterocycles. The Balaban J connectivity index is 0.000000170. The number of hydrogen-bond donors (Lipinski definition) is 0. The molecule has 0 saturated carbocycles. The molecule has 0 nitrogen and oxygen atoms in total. The average molecular weight is 698 g/mol. The van der Waals surface area contributed by atoms with Gasteiger partial charge in [-0.1, -0.05) is 116 Å². The fraction of sp³-hybridized carbons (Fsp3) is 0.348. The Morgan fingerprint density at radius 1 is 0.596 bits per heavy atom. The van der Waals surface area contributed by atoms with Crippen LogP contribution >= 0.6 is 0 Å². The monoisotopic (exact) mass is 696 g/mol.